The van der Waals surface area contributed by atoms with Crippen LogP contribution < -0.4 is 0 Å². The van der Waals surface area contributed by atoms with Gasteiger partial charge in [0.1, 0.15) is 0 Å². The van der Waals surface area contributed by atoms with E-state index in [-0.39, 0.29) is 5.78 Å². The van der Waals surface area contributed by atoms with Crippen LogP contribution in [0.2, 0.25) is 0 Å². The maximum Gasteiger partial charge on any atom is 0.192 e. The van der Waals surface area contributed by atoms with E-state index >= 15 is 0 Å². The van der Waals surface area contributed by atoms with Crippen LogP contribution >= 0.6 is 15.9 Å². The lowest BCUT2D eigenvalue weighted by Gasteiger charge is -2.12. The second kappa shape index (κ2) is 4.62. The number of hydrogen-bond donors (Lipinski definition) is 0. The average Bonchev–Trinajstić information content (AvgIpc) is 2.30. The highest BCUT2D eigenvalue weighted by molar-refractivity contribution is 9.10. The fourth-order valence-electron chi connectivity index (χ4n) is 1.52. The quantitative estimate of drug-likeness (QED) is 0.768. The standard InChI is InChI=1S/C12H11BrO2/c13-11-5-3-9(4-6-11)12(14)10-2-1-7-15-8-10/h3-6,8H,1-2,7H2. The van der Waals surface area contributed by atoms with Crippen LogP contribution in [-0.4, -0.2) is 12.4 Å². The first kappa shape index (κ1) is 10.4. The molecular formula is C12H11BrO2. The lowest BCUT2D eigenvalue weighted by Crippen LogP contribution is -2.09. The Labute approximate surface area is 97.1 Å². The van der Waals surface area contributed by atoms with Gasteiger partial charge >= 0.3 is 0 Å². The van der Waals surface area contributed by atoms with Crippen molar-refractivity contribution in [3.63, 3.8) is 0 Å². The third kappa shape index (κ3) is 2.48. The summed E-state index contributed by atoms with van der Waals surface area (Å²) in [5.74, 6) is 0.0715. The van der Waals surface area contributed by atoms with Crippen LogP contribution in [0.3, 0.4) is 0 Å². The van der Waals surface area contributed by atoms with Gasteiger partial charge in [-0.25, -0.2) is 0 Å². The molecule has 1 aliphatic heterocycles. The molecular weight excluding hydrogens is 256 g/mol. The van der Waals surface area contributed by atoms with Gasteiger partial charge in [0.2, 0.25) is 0 Å². The van der Waals surface area contributed by atoms with Crippen molar-refractivity contribution in [2.45, 2.75) is 12.8 Å². The number of carbonyl (C=O) groups excluding carboxylic acids is 1. The van der Waals surface area contributed by atoms with Crippen molar-refractivity contribution in [2.24, 2.45) is 0 Å². The molecule has 0 unspecified atom stereocenters. The predicted molar refractivity (Wildman–Crippen MR) is 61.7 cm³/mol. The largest absolute Gasteiger partial charge is 0.501 e. The molecule has 0 bridgehead atoms. The number of rotatable bonds is 2. The van der Waals surface area contributed by atoms with Gasteiger partial charge in [-0.3, -0.25) is 4.79 Å². The highest BCUT2D eigenvalue weighted by Crippen LogP contribution is 2.19. The highest BCUT2D eigenvalue weighted by atomic mass is 79.9. The minimum atomic E-state index is 0.0715. The molecule has 0 atom stereocenters. The maximum atomic E-state index is 11.9. The second-order valence-electron chi connectivity index (χ2n) is 3.45. The van der Waals surface area contributed by atoms with Crippen molar-refractivity contribution < 1.29 is 9.53 Å². The van der Waals surface area contributed by atoms with E-state index < -0.39 is 0 Å². The summed E-state index contributed by atoms with van der Waals surface area (Å²) in [6.45, 7) is 0.719. The zero-order valence-corrected chi connectivity index (χ0v) is 9.79. The van der Waals surface area contributed by atoms with Crippen LogP contribution in [0.15, 0.2) is 40.6 Å². The number of benzene rings is 1. The second-order valence-corrected chi connectivity index (χ2v) is 4.37. The van der Waals surface area contributed by atoms with Crippen molar-refractivity contribution in [3.8, 4) is 0 Å². The topological polar surface area (TPSA) is 26.3 Å². The summed E-state index contributed by atoms with van der Waals surface area (Å²) >= 11 is 3.34. The maximum absolute atomic E-state index is 11.9. The third-order valence-electron chi connectivity index (χ3n) is 2.33. The van der Waals surface area contributed by atoms with Gasteiger partial charge in [0.05, 0.1) is 12.9 Å². The Balaban J connectivity index is 2.20. The van der Waals surface area contributed by atoms with E-state index in [2.05, 4.69) is 15.9 Å². The van der Waals surface area contributed by atoms with Gasteiger partial charge in [0.15, 0.2) is 5.78 Å². The Morgan fingerprint density at radius 1 is 1.27 bits per heavy atom. The Morgan fingerprint density at radius 3 is 2.60 bits per heavy atom. The van der Waals surface area contributed by atoms with E-state index in [0.717, 1.165) is 35.1 Å². The Morgan fingerprint density at radius 2 is 2.00 bits per heavy atom. The number of Topliss-reactive ketones (excluding diaryl/α,β-unsaturated/α-hetero) is 1. The van der Waals surface area contributed by atoms with E-state index in [4.69, 9.17) is 4.74 Å². The summed E-state index contributed by atoms with van der Waals surface area (Å²) in [4.78, 5) is 11.9. The summed E-state index contributed by atoms with van der Waals surface area (Å²) in [7, 11) is 0. The average molecular weight is 267 g/mol. The van der Waals surface area contributed by atoms with E-state index in [1.54, 1.807) is 6.26 Å². The molecule has 0 amide bonds. The van der Waals surface area contributed by atoms with Gasteiger partial charge in [0, 0.05) is 15.6 Å². The summed E-state index contributed by atoms with van der Waals surface area (Å²) < 4.78 is 6.14. The molecule has 2 nitrogen and oxygen atoms in total. The number of ether oxygens (including phenoxy) is 1. The molecule has 1 heterocycles. The number of allylic oxidation sites excluding steroid dienone is 1. The first-order valence-electron chi connectivity index (χ1n) is 4.88. The minimum absolute atomic E-state index is 0.0715. The normalized spacial score (nSPS) is 15.4. The van der Waals surface area contributed by atoms with Gasteiger partial charge in [0.25, 0.3) is 0 Å². The smallest absolute Gasteiger partial charge is 0.192 e. The van der Waals surface area contributed by atoms with Gasteiger partial charge < -0.3 is 4.74 Å². The highest BCUT2D eigenvalue weighted by Gasteiger charge is 2.14. The van der Waals surface area contributed by atoms with E-state index in [1.165, 1.54) is 0 Å². The molecule has 0 N–H and O–H groups in total. The number of ketones is 1. The van der Waals surface area contributed by atoms with Crippen LogP contribution in [0.1, 0.15) is 23.2 Å². The zero-order valence-electron chi connectivity index (χ0n) is 8.20. The Bertz CT molecular complexity index is 393. The molecule has 0 spiro atoms. The zero-order chi connectivity index (χ0) is 10.7. The summed E-state index contributed by atoms with van der Waals surface area (Å²) in [5, 5.41) is 0. The molecule has 1 aliphatic rings. The lowest BCUT2D eigenvalue weighted by molar-refractivity contribution is 0.101. The van der Waals surface area contributed by atoms with E-state index in [9.17, 15) is 4.79 Å². The first-order chi connectivity index (χ1) is 7.27. The Hall–Kier alpha value is -1.09. The number of halogens is 1. The number of carbonyl (C=O) groups is 1. The van der Waals surface area contributed by atoms with Crippen LogP contribution in [0, 0.1) is 0 Å². The molecule has 1 aromatic carbocycles. The van der Waals surface area contributed by atoms with Gasteiger partial charge in [-0.05, 0) is 37.1 Å². The molecule has 0 radical (unpaired) electrons. The van der Waals surface area contributed by atoms with Gasteiger partial charge in [-0.15, -0.1) is 0 Å². The summed E-state index contributed by atoms with van der Waals surface area (Å²) in [6.07, 6.45) is 3.33. The van der Waals surface area contributed by atoms with Crippen molar-refractivity contribution >= 4 is 21.7 Å². The van der Waals surface area contributed by atoms with Crippen LogP contribution in [0.25, 0.3) is 0 Å². The van der Waals surface area contributed by atoms with Gasteiger partial charge in [-0.2, -0.15) is 0 Å². The molecule has 0 saturated heterocycles. The van der Waals surface area contributed by atoms with Crippen molar-refractivity contribution in [1.82, 2.24) is 0 Å². The molecule has 0 fully saturated rings. The SMILES string of the molecule is O=C(C1=COCCC1)c1ccc(Br)cc1. The monoisotopic (exact) mass is 266 g/mol. The molecule has 15 heavy (non-hydrogen) atoms. The molecule has 2 rings (SSSR count). The fourth-order valence-corrected chi connectivity index (χ4v) is 1.78. The van der Waals surface area contributed by atoms with E-state index in [0.29, 0.717) is 0 Å². The lowest BCUT2D eigenvalue weighted by atomic mass is 10.00. The molecule has 0 aromatic heterocycles. The summed E-state index contributed by atoms with van der Waals surface area (Å²) in [5.41, 5.74) is 1.48. The minimum Gasteiger partial charge on any atom is -0.501 e. The van der Waals surface area contributed by atoms with Gasteiger partial charge in [-0.1, -0.05) is 15.9 Å². The van der Waals surface area contributed by atoms with Crippen molar-refractivity contribution in [2.75, 3.05) is 6.61 Å². The summed E-state index contributed by atoms with van der Waals surface area (Å²) in [6, 6.07) is 7.39. The van der Waals surface area contributed by atoms with Crippen LogP contribution in [-0.2, 0) is 4.74 Å². The fraction of sp³-hybridized carbons (Fsp3) is 0.250. The molecule has 1 aromatic rings. The van der Waals surface area contributed by atoms with E-state index in [1.807, 2.05) is 24.3 Å². The molecule has 0 aliphatic carbocycles. The van der Waals surface area contributed by atoms with Crippen molar-refractivity contribution in [1.29, 1.82) is 0 Å². The number of hydrogen-bond acceptors (Lipinski definition) is 2. The molecule has 78 valence electrons. The first-order valence-corrected chi connectivity index (χ1v) is 5.67. The third-order valence-corrected chi connectivity index (χ3v) is 2.86. The van der Waals surface area contributed by atoms with Crippen LogP contribution in [0.4, 0.5) is 0 Å². The van der Waals surface area contributed by atoms with Crippen LogP contribution in [0.5, 0.6) is 0 Å². The Kier molecular flexibility index (Phi) is 3.21. The predicted octanol–water partition coefficient (Wildman–Crippen LogP) is 3.33. The molecule has 0 saturated carbocycles. The van der Waals surface area contributed by atoms with Crippen molar-refractivity contribution in [3.05, 3.63) is 46.1 Å². The molecule has 3 heteroatoms.